The maximum absolute atomic E-state index is 12.5. The van der Waals surface area contributed by atoms with E-state index in [4.69, 9.17) is 0 Å². The maximum Gasteiger partial charge on any atom is 0.246 e. The molecule has 1 fully saturated rings. The molecule has 3 heterocycles. The summed E-state index contributed by atoms with van der Waals surface area (Å²) < 4.78 is 1.96. The van der Waals surface area contributed by atoms with Gasteiger partial charge in [-0.1, -0.05) is 24.3 Å². The van der Waals surface area contributed by atoms with Crippen molar-refractivity contribution >= 4 is 17.8 Å². The molecule has 142 valence electrons. The number of aromatic nitrogens is 3. The van der Waals surface area contributed by atoms with Gasteiger partial charge in [0.05, 0.1) is 0 Å². The van der Waals surface area contributed by atoms with Crippen molar-refractivity contribution in [2.24, 2.45) is 0 Å². The second-order valence-electron chi connectivity index (χ2n) is 6.83. The molecule has 6 nitrogen and oxygen atoms in total. The van der Waals surface area contributed by atoms with Crippen molar-refractivity contribution in [1.29, 1.82) is 0 Å². The fraction of sp³-hybridized carbons (Fsp3) is 0.227. The van der Waals surface area contributed by atoms with E-state index in [1.165, 1.54) is 5.56 Å². The molecule has 0 spiro atoms. The Morgan fingerprint density at radius 2 is 1.68 bits per heavy atom. The molecule has 0 unspecified atom stereocenters. The molecular weight excluding hydrogens is 350 g/mol. The molecule has 0 aliphatic carbocycles. The highest BCUT2D eigenvalue weighted by Crippen LogP contribution is 2.17. The van der Waals surface area contributed by atoms with E-state index in [-0.39, 0.29) is 5.91 Å². The second kappa shape index (κ2) is 8.08. The van der Waals surface area contributed by atoms with Gasteiger partial charge in [0.2, 0.25) is 5.91 Å². The zero-order valence-corrected chi connectivity index (χ0v) is 15.9. The van der Waals surface area contributed by atoms with Crippen LogP contribution < -0.4 is 4.90 Å². The molecule has 3 aromatic rings. The topological polar surface area (TPSA) is 54.3 Å². The van der Waals surface area contributed by atoms with Crippen molar-refractivity contribution in [1.82, 2.24) is 19.4 Å². The van der Waals surface area contributed by atoms with Crippen LogP contribution in [0.1, 0.15) is 11.1 Å². The van der Waals surface area contributed by atoms with E-state index in [1.807, 2.05) is 77.3 Å². The number of anilines is 1. The lowest BCUT2D eigenvalue weighted by molar-refractivity contribution is -0.126. The molecule has 4 rings (SSSR count). The van der Waals surface area contributed by atoms with Crippen molar-refractivity contribution in [3.63, 3.8) is 0 Å². The van der Waals surface area contributed by atoms with Crippen molar-refractivity contribution in [3.05, 3.63) is 78.4 Å². The van der Waals surface area contributed by atoms with Crippen LogP contribution in [0.4, 0.5) is 5.82 Å². The molecule has 6 heteroatoms. The summed E-state index contributed by atoms with van der Waals surface area (Å²) in [6.07, 6.45) is 9.09. The Balaban J connectivity index is 1.38. The number of carbonyl (C=O) groups excluding carboxylic acids is 1. The first-order chi connectivity index (χ1) is 13.7. The van der Waals surface area contributed by atoms with Crippen molar-refractivity contribution in [3.8, 4) is 5.82 Å². The van der Waals surface area contributed by atoms with E-state index >= 15 is 0 Å². The molecule has 0 radical (unpaired) electrons. The Morgan fingerprint density at radius 3 is 2.43 bits per heavy atom. The van der Waals surface area contributed by atoms with E-state index in [2.05, 4.69) is 14.9 Å². The third kappa shape index (κ3) is 3.96. The molecule has 2 aromatic heterocycles. The average Bonchev–Trinajstić information content (AvgIpc) is 3.28. The molecule has 1 aliphatic heterocycles. The first-order valence-corrected chi connectivity index (χ1v) is 9.44. The van der Waals surface area contributed by atoms with E-state index in [1.54, 1.807) is 12.4 Å². The van der Waals surface area contributed by atoms with Crippen molar-refractivity contribution < 1.29 is 4.79 Å². The summed E-state index contributed by atoms with van der Waals surface area (Å²) in [5.74, 6) is 1.79. The molecule has 1 amide bonds. The van der Waals surface area contributed by atoms with Gasteiger partial charge in [-0.15, -0.1) is 0 Å². The van der Waals surface area contributed by atoms with Crippen LogP contribution >= 0.6 is 0 Å². The Morgan fingerprint density at radius 1 is 0.964 bits per heavy atom. The van der Waals surface area contributed by atoms with Gasteiger partial charge in [-0.2, -0.15) is 0 Å². The zero-order valence-electron chi connectivity index (χ0n) is 15.9. The van der Waals surface area contributed by atoms with E-state index in [0.29, 0.717) is 13.1 Å². The molecule has 1 saturated heterocycles. The highest BCUT2D eigenvalue weighted by molar-refractivity contribution is 5.92. The van der Waals surface area contributed by atoms with Crippen LogP contribution in [0.15, 0.2) is 67.3 Å². The number of hydrogen-bond donors (Lipinski definition) is 0. The van der Waals surface area contributed by atoms with E-state index in [0.717, 1.165) is 30.3 Å². The Labute approximate surface area is 164 Å². The van der Waals surface area contributed by atoms with Crippen LogP contribution in [-0.2, 0) is 4.79 Å². The lowest BCUT2D eigenvalue weighted by Crippen LogP contribution is -2.48. The summed E-state index contributed by atoms with van der Waals surface area (Å²) in [4.78, 5) is 25.4. The zero-order chi connectivity index (χ0) is 19.3. The minimum Gasteiger partial charge on any atom is -0.353 e. The van der Waals surface area contributed by atoms with Gasteiger partial charge < -0.3 is 14.4 Å². The van der Waals surface area contributed by atoms with Gasteiger partial charge >= 0.3 is 0 Å². The largest absolute Gasteiger partial charge is 0.353 e. The number of amides is 1. The number of nitrogens with zero attached hydrogens (tertiary/aromatic N) is 5. The van der Waals surface area contributed by atoms with Gasteiger partial charge in [-0.05, 0) is 36.3 Å². The fourth-order valence-corrected chi connectivity index (χ4v) is 3.33. The molecule has 0 saturated carbocycles. The number of benzene rings is 1. The predicted octanol–water partition coefficient (Wildman–Crippen LogP) is 2.94. The molecule has 1 aliphatic rings. The molecule has 28 heavy (non-hydrogen) atoms. The van der Waals surface area contributed by atoms with Crippen LogP contribution in [0, 0.1) is 6.92 Å². The van der Waals surface area contributed by atoms with Crippen LogP contribution in [0.2, 0.25) is 0 Å². The summed E-state index contributed by atoms with van der Waals surface area (Å²) in [7, 11) is 0. The lowest BCUT2D eigenvalue weighted by atomic mass is 10.1. The number of carbonyl (C=O) groups is 1. The highest BCUT2D eigenvalue weighted by Gasteiger charge is 2.21. The normalized spacial score (nSPS) is 14.6. The van der Waals surface area contributed by atoms with Crippen LogP contribution in [0.3, 0.4) is 0 Å². The van der Waals surface area contributed by atoms with E-state index < -0.39 is 0 Å². The average molecular weight is 373 g/mol. The Bertz CT molecular complexity index is 972. The number of rotatable bonds is 4. The monoisotopic (exact) mass is 373 g/mol. The van der Waals surface area contributed by atoms with Crippen molar-refractivity contribution in [2.75, 3.05) is 31.1 Å². The quantitative estimate of drug-likeness (QED) is 0.660. The van der Waals surface area contributed by atoms with Gasteiger partial charge in [0.15, 0.2) is 0 Å². The predicted molar refractivity (Wildman–Crippen MR) is 110 cm³/mol. The van der Waals surface area contributed by atoms with Crippen LogP contribution in [0.25, 0.3) is 11.9 Å². The third-order valence-electron chi connectivity index (χ3n) is 5.02. The fourth-order valence-electron chi connectivity index (χ4n) is 3.33. The van der Waals surface area contributed by atoms with Crippen LogP contribution in [-0.4, -0.2) is 51.5 Å². The molecule has 0 atom stereocenters. The molecule has 0 bridgehead atoms. The maximum atomic E-state index is 12.5. The van der Waals surface area contributed by atoms with Gasteiger partial charge in [0, 0.05) is 50.7 Å². The minimum absolute atomic E-state index is 0.0543. The Hall–Kier alpha value is -3.41. The lowest BCUT2D eigenvalue weighted by Gasteiger charge is -2.35. The van der Waals surface area contributed by atoms with Gasteiger partial charge in [-0.3, -0.25) is 4.79 Å². The van der Waals surface area contributed by atoms with Gasteiger partial charge in [0.1, 0.15) is 18.0 Å². The summed E-state index contributed by atoms with van der Waals surface area (Å²) in [5.41, 5.74) is 2.24. The molecule has 1 aromatic carbocycles. The number of aryl methyl sites for hydroxylation is 1. The minimum atomic E-state index is 0.0543. The summed E-state index contributed by atoms with van der Waals surface area (Å²) in [6, 6.07) is 14.0. The SMILES string of the molecule is Cc1ccccc1/C=C/C(=O)N1CCN(c2cc(-n3cccc3)ncn2)CC1. The Kier molecular flexibility index (Phi) is 5.19. The third-order valence-corrected chi connectivity index (χ3v) is 5.02. The van der Waals surface area contributed by atoms with Gasteiger partial charge in [0.25, 0.3) is 0 Å². The standard InChI is InChI=1S/C22H23N5O/c1-18-6-2-3-7-19(18)8-9-22(28)27-14-12-26(13-15-27)21-16-20(23-17-24-21)25-10-4-5-11-25/h2-11,16-17H,12-15H2,1H3/b9-8+. The molecular formula is C22H23N5O. The summed E-state index contributed by atoms with van der Waals surface area (Å²) in [6.45, 7) is 4.92. The van der Waals surface area contributed by atoms with Crippen LogP contribution in [0.5, 0.6) is 0 Å². The summed E-state index contributed by atoms with van der Waals surface area (Å²) >= 11 is 0. The smallest absolute Gasteiger partial charge is 0.246 e. The molecule has 0 N–H and O–H groups in total. The van der Waals surface area contributed by atoms with Crippen molar-refractivity contribution in [2.45, 2.75) is 6.92 Å². The number of piperazine rings is 1. The first-order valence-electron chi connectivity index (χ1n) is 9.44. The first kappa shape index (κ1) is 18.0. The number of hydrogen-bond acceptors (Lipinski definition) is 4. The van der Waals surface area contributed by atoms with E-state index in [9.17, 15) is 4.79 Å². The summed E-state index contributed by atoms with van der Waals surface area (Å²) in [5, 5.41) is 0. The second-order valence-corrected chi connectivity index (χ2v) is 6.83. The van der Waals surface area contributed by atoms with Gasteiger partial charge in [-0.25, -0.2) is 9.97 Å². The highest BCUT2D eigenvalue weighted by atomic mass is 16.2.